The lowest BCUT2D eigenvalue weighted by molar-refractivity contribution is -0.122. The Bertz CT molecular complexity index is 765. The molecule has 0 aromatic heterocycles. The number of carbonyl (C=O) groups is 1. The molecule has 0 heterocycles. The van der Waals surface area contributed by atoms with Crippen molar-refractivity contribution in [3.63, 3.8) is 0 Å². The SMILES string of the molecule is CC(CC(=O)NC1CCCc2cc(N)ccc21)Cc1cccc(F)c1.Cl. The van der Waals surface area contributed by atoms with Gasteiger partial charge in [0.1, 0.15) is 5.82 Å². The van der Waals surface area contributed by atoms with E-state index in [1.165, 1.54) is 23.3 Å². The summed E-state index contributed by atoms with van der Waals surface area (Å²) < 4.78 is 13.3. The van der Waals surface area contributed by atoms with Crippen molar-refractivity contribution in [3.05, 3.63) is 65.0 Å². The van der Waals surface area contributed by atoms with Crippen LogP contribution in [0.3, 0.4) is 0 Å². The highest BCUT2D eigenvalue weighted by molar-refractivity contribution is 5.85. The van der Waals surface area contributed by atoms with Crippen LogP contribution in [-0.4, -0.2) is 5.91 Å². The van der Waals surface area contributed by atoms with Crippen molar-refractivity contribution < 1.29 is 9.18 Å². The zero-order valence-electron chi connectivity index (χ0n) is 15.0. The largest absolute Gasteiger partial charge is 0.399 e. The molecular weight excluding hydrogens is 351 g/mol. The van der Waals surface area contributed by atoms with Crippen molar-refractivity contribution in [2.24, 2.45) is 5.92 Å². The molecule has 1 aliphatic rings. The van der Waals surface area contributed by atoms with Gasteiger partial charge in [0.15, 0.2) is 0 Å². The fraction of sp³-hybridized carbons (Fsp3) is 0.381. The van der Waals surface area contributed by atoms with Crippen molar-refractivity contribution in [3.8, 4) is 0 Å². The van der Waals surface area contributed by atoms with Gasteiger partial charge in [-0.15, -0.1) is 12.4 Å². The van der Waals surface area contributed by atoms with E-state index in [-0.39, 0.29) is 36.1 Å². The van der Waals surface area contributed by atoms with E-state index >= 15 is 0 Å². The number of aryl methyl sites for hydroxylation is 1. The van der Waals surface area contributed by atoms with Crippen LogP contribution in [0.2, 0.25) is 0 Å². The van der Waals surface area contributed by atoms with Crippen LogP contribution >= 0.6 is 12.4 Å². The molecule has 1 aliphatic carbocycles. The Kier molecular flexibility index (Phi) is 7.04. The second-order valence-electron chi connectivity index (χ2n) is 7.11. The summed E-state index contributed by atoms with van der Waals surface area (Å²) in [7, 11) is 0. The Morgan fingerprint density at radius 2 is 2.12 bits per heavy atom. The van der Waals surface area contributed by atoms with Gasteiger partial charge in [-0.05, 0) is 72.6 Å². The summed E-state index contributed by atoms with van der Waals surface area (Å²) >= 11 is 0. The minimum Gasteiger partial charge on any atom is -0.399 e. The Morgan fingerprint density at radius 1 is 1.31 bits per heavy atom. The van der Waals surface area contributed by atoms with Crippen molar-refractivity contribution in [2.45, 2.75) is 45.1 Å². The second-order valence-corrected chi connectivity index (χ2v) is 7.11. The third-order valence-corrected chi connectivity index (χ3v) is 4.82. The van der Waals surface area contributed by atoms with Crippen molar-refractivity contribution in [1.82, 2.24) is 5.32 Å². The standard InChI is InChI=1S/C21H25FN2O.ClH/c1-14(10-15-4-2-6-17(22)12-15)11-21(25)24-20-7-3-5-16-13-18(23)8-9-19(16)20;/h2,4,6,8-9,12-14,20H,3,5,7,10-11,23H2,1H3,(H,24,25);1H. The first kappa shape index (κ1) is 20.2. The summed E-state index contributed by atoms with van der Waals surface area (Å²) in [6.07, 6.45) is 4.17. The van der Waals surface area contributed by atoms with Gasteiger partial charge in [0.2, 0.25) is 5.91 Å². The van der Waals surface area contributed by atoms with E-state index in [4.69, 9.17) is 5.73 Å². The topological polar surface area (TPSA) is 55.1 Å². The molecule has 2 aromatic rings. The first-order valence-electron chi connectivity index (χ1n) is 8.93. The lowest BCUT2D eigenvalue weighted by Crippen LogP contribution is -2.32. The van der Waals surface area contributed by atoms with Gasteiger partial charge < -0.3 is 11.1 Å². The summed E-state index contributed by atoms with van der Waals surface area (Å²) in [5.41, 5.74) is 9.99. The highest BCUT2D eigenvalue weighted by Gasteiger charge is 2.22. The Hall–Kier alpha value is -2.07. The summed E-state index contributed by atoms with van der Waals surface area (Å²) in [4.78, 5) is 12.4. The Labute approximate surface area is 160 Å². The van der Waals surface area contributed by atoms with Crippen LogP contribution in [0.25, 0.3) is 0 Å². The molecule has 0 saturated heterocycles. The van der Waals surface area contributed by atoms with Crippen molar-refractivity contribution in [1.29, 1.82) is 0 Å². The summed E-state index contributed by atoms with van der Waals surface area (Å²) in [6.45, 7) is 2.03. The molecule has 0 saturated carbocycles. The fourth-order valence-electron chi connectivity index (χ4n) is 3.69. The van der Waals surface area contributed by atoms with Crippen LogP contribution in [0.1, 0.15) is 48.9 Å². The smallest absolute Gasteiger partial charge is 0.220 e. The second kappa shape index (κ2) is 9.04. The summed E-state index contributed by atoms with van der Waals surface area (Å²) in [5, 5.41) is 3.17. The molecule has 2 unspecified atom stereocenters. The monoisotopic (exact) mass is 376 g/mol. The van der Waals surface area contributed by atoms with Gasteiger partial charge in [-0.3, -0.25) is 4.79 Å². The van der Waals surface area contributed by atoms with Crippen molar-refractivity contribution in [2.75, 3.05) is 5.73 Å². The van der Waals surface area contributed by atoms with Crippen LogP contribution < -0.4 is 11.1 Å². The number of benzene rings is 2. The molecular formula is C21H26ClFN2O. The van der Waals surface area contributed by atoms with Gasteiger partial charge >= 0.3 is 0 Å². The Balaban J connectivity index is 0.00000243. The van der Waals surface area contributed by atoms with E-state index in [2.05, 4.69) is 5.32 Å². The van der Waals surface area contributed by atoms with Crippen LogP contribution in [0.4, 0.5) is 10.1 Å². The fourth-order valence-corrected chi connectivity index (χ4v) is 3.69. The minimum absolute atomic E-state index is 0. The van der Waals surface area contributed by atoms with Gasteiger partial charge in [0, 0.05) is 12.1 Å². The maximum absolute atomic E-state index is 13.3. The molecule has 2 aromatic carbocycles. The lowest BCUT2D eigenvalue weighted by atomic mass is 9.87. The molecule has 2 atom stereocenters. The Morgan fingerprint density at radius 3 is 2.88 bits per heavy atom. The van der Waals surface area contributed by atoms with E-state index in [0.717, 1.165) is 30.5 Å². The van der Waals surface area contributed by atoms with Crippen LogP contribution in [0.15, 0.2) is 42.5 Å². The van der Waals surface area contributed by atoms with E-state index in [1.54, 1.807) is 6.07 Å². The van der Waals surface area contributed by atoms with E-state index < -0.39 is 0 Å². The molecule has 0 fully saturated rings. The number of hydrogen-bond donors (Lipinski definition) is 2. The van der Waals surface area contributed by atoms with Gasteiger partial charge in [-0.1, -0.05) is 25.1 Å². The number of halogens is 2. The maximum atomic E-state index is 13.3. The highest BCUT2D eigenvalue weighted by Crippen LogP contribution is 2.31. The molecule has 0 bridgehead atoms. The average molecular weight is 377 g/mol. The third kappa shape index (κ3) is 5.21. The maximum Gasteiger partial charge on any atom is 0.220 e. The normalized spacial score (nSPS) is 16.9. The van der Waals surface area contributed by atoms with Crippen molar-refractivity contribution >= 4 is 24.0 Å². The van der Waals surface area contributed by atoms with E-state index in [9.17, 15) is 9.18 Å². The zero-order chi connectivity index (χ0) is 17.8. The first-order valence-corrected chi connectivity index (χ1v) is 8.93. The minimum atomic E-state index is -0.229. The number of nitrogens with two attached hydrogens (primary N) is 1. The van der Waals surface area contributed by atoms with Gasteiger partial charge in [0.05, 0.1) is 6.04 Å². The molecule has 3 N–H and O–H groups in total. The number of carbonyl (C=O) groups excluding carboxylic acids is 1. The number of nitrogens with one attached hydrogen (secondary N) is 1. The molecule has 1 amide bonds. The molecule has 3 rings (SSSR count). The third-order valence-electron chi connectivity index (χ3n) is 4.82. The summed E-state index contributed by atoms with van der Waals surface area (Å²) in [6, 6.07) is 12.6. The lowest BCUT2D eigenvalue weighted by Gasteiger charge is -2.27. The van der Waals surface area contributed by atoms with Gasteiger partial charge in [-0.25, -0.2) is 4.39 Å². The molecule has 0 radical (unpaired) electrons. The molecule has 5 heteroatoms. The first-order chi connectivity index (χ1) is 12.0. The molecule has 140 valence electrons. The number of hydrogen-bond acceptors (Lipinski definition) is 2. The molecule has 0 spiro atoms. The average Bonchev–Trinajstić information content (AvgIpc) is 2.54. The molecule has 3 nitrogen and oxygen atoms in total. The van der Waals surface area contributed by atoms with Gasteiger partial charge in [0.25, 0.3) is 0 Å². The van der Waals surface area contributed by atoms with Crippen LogP contribution in [0.5, 0.6) is 0 Å². The number of rotatable bonds is 5. The van der Waals surface area contributed by atoms with Crippen LogP contribution in [0, 0.1) is 11.7 Å². The number of fused-ring (bicyclic) bond motifs is 1. The van der Waals surface area contributed by atoms with E-state index in [0.29, 0.717) is 12.8 Å². The van der Waals surface area contributed by atoms with Crippen LogP contribution in [-0.2, 0) is 17.6 Å². The zero-order valence-corrected chi connectivity index (χ0v) is 15.8. The number of nitrogen functional groups attached to an aromatic ring is 1. The summed E-state index contributed by atoms with van der Waals surface area (Å²) in [5.74, 6) is -0.0119. The predicted molar refractivity (Wildman–Crippen MR) is 106 cm³/mol. The quantitative estimate of drug-likeness (QED) is 0.750. The molecule has 26 heavy (non-hydrogen) atoms. The number of amides is 1. The van der Waals surface area contributed by atoms with Gasteiger partial charge in [-0.2, -0.15) is 0 Å². The molecule has 0 aliphatic heterocycles. The number of anilines is 1. The highest BCUT2D eigenvalue weighted by atomic mass is 35.5. The van der Waals surface area contributed by atoms with E-state index in [1.807, 2.05) is 31.2 Å². The predicted octanol–water partition coefficient (Wildman–Crippen LogP) is 4.59.